The fraction of sp³-hybridized carbons (Fsp3) is 0.273. The van der Waals surface area contributed by atoms with Gasteiger partial charge in [-0.05, 0) is 30.7 Å². The summed E-state index contributed by atoms with van der Waals surface area (Å²) in [6, 6.07) is 3.12. The highest BCUT2D eigenvalue weighted by Gasteiger charge is 2.29. The van der Waals surface area contributed by atoms with Gasteiger partial charge in [-0.3, -0.25) is 9.59 Å². The first-order valence-electron chi connectivity index (χ1n) is 10.8. The molecule has 1 atom stereocenters. The van der Waals surface area contributed by atoms with Crippen LogP contribution < -0.4 is 21.3 Å². The normalized spacial score (nSPS) is 15.3. The molecular formula is C22H21ClN8O3S. The molecule has 5 rings (SSSR count). The minimum absolute atomic E-state index is 0.0965. The zero-order valence-electron chi connectivity index (χ0n) is 18.8. The molecule has 1 aliphatic heterocycles. The van der Waals surface area contributed by atoms with Crippen molar-refractivity contribution < 1.29 is 14.3 Å². The molecule has 0 unspecified atom stereocenters. The Morgan fingerprint density at radius 3 is 2.94 bits per heavy atom. The smallest absolute Gasteiger partial charge is 0.263 e. The van der Waals surface area contributed by atoms with E-state index in [0.29, 0.717) is 46.4 Å². The number of nitrogens with one attached hydrogen (secondary N) is 4. The van der Waals surface area contributed by atoms with Gasteiger partial charge in [0.15, 0.2) is 5.82 Å². The van der Waals surface area contributed by atoms with E-state index in [9.17, 15) is 9.59 Å². The van der Waals surface area contributed by atoms with E-state index in [2.05, 4.69) is 36.2 Å². The standard InChI is InChI=1S/C22H21ClN8O3S/c1-3-34-9-10-6-27-22(23)31-19(10)30-14-8-25-16-11(28-14)4-5-13-15(16)17-18(35-13)21(33)26-7-12(29-17)20(32)24-2/h4-6,8,12,29H,3,7,9H2,1-2H3,(H,24,32)(H,26,33)(H,27,28,30,31)/t12-/m1/s1. The van der Waals surface area contributed by atoms with Gasteiger partial charge >= 0.3 is 0 Å². The zero-order chi connectivity index (χ0) is 24.5. The highest BCUT2D eigenvalue weighted by atomic mass is 35.5. The summed E-state index contributed by atoms with van der Waals surface area (Å²) in [6.07, 6.45) is 3.19. The highest BCUT2D eigenvalue weighted by molar-refractivity contribution is 7.21. The molecule has 2 amide bonds. The first-order chi connectivity index (χ1) is 17.0. The third-order valence-electron chi connectivity index (χ3n) is 5.46. The number of fused-ring (bicyclic) bond motifs is 5. The monoisotopic (exact) mass is 512 g/mol. The van der Waals surface area contributed by atoms with Crippen molar-refractivity contribution >= 4 is 73.2 Å². The van der Waals surface area contributed by atoms with Crippen molar-refractivity contribution in [2.75, 3.05) is 30.8 Å². The quantitative estimate of drug-likeness (QED) is 0.287. The number of carbonyl (C=O) groups excluding carboxylic acids is 2. The second-order valence-electron chi connectivity index (χ2n) is 7.66. The SMILES string of the molecule is CCOCc1cnc(Cl)nc1Nc1cnc2c(ccc3sc4c(c32)N[C@@H](C(=O)NC)CNC4=O)n1. The van der Waals surface area contributed by atoms with E-state index < -0.39 is 6.04 Å². The number of carbonyl (C=O) groups is 2. The van der Waals surface area contributed by atoms with E-state index in [0.717, 1.165) is 15.6 Å². The van der Waals surface area contributed by atoms with Gasteiger partial charge in [0.25, 0.3) is 5.91 Å². The Kier molecular flexibility index (Phi) is 6.32. The Labute approximate surface area is 208 Å². The van der Waals surface area contributed by atoms with Crippen molar-refractivity contribution in [3.8, 4) is 0 Å². The Morgan fingerprint density at radius 2 is 2.14 bits per heavy atom. The molecule has 0 bridgehead atoms. The summed E-state index contributed by atoms with van der Waals surface area (Å²) >= 11 is 7.34. The van der Waals surface area contributed by atoms with Crippen molar-refractivity contribution in [3.05, 3.63) is 40.3 Å². The summed E-state index contributed by atoms with van der Waals surface area (Å²) < 4.78 is 6.35. The maximum Gasteiger partial charge on any atom is 0.263 e. The number of hydrogen-bond acceptors (Lipinski definition) is 10. The van der Waals surface area contributed by atoms with Crippen LogP contribution in [0.3, 0.4) is 0 Å². The number of ether oxygens (including phenoxy) is 1. The van der Waals surface area contributed by atoms with Crippen molar-refractivity contribution in [2.45, 2.75) is 19.6 Å². The van der Waals surface area contributed by atoms with Crippen molar-refractivity contribution in [1.82, 2.24) is 30.6 Å². The number of benzene rings is 1. The lowest BCUT2D eigenvalue weighted by molar-refractivity contribution is -0.121. The topological polar surface area (TPSA) is 143 Å². The van der Waals surface area contributed by atoms with E-state index in [1.165, 1.54) is 11.3 Å². The van der Waals surface area contributed by atoms with E-state index >= 15 is 0 Å². The number of likely N-dealkylation sites (N-methyl/N-ethyl adjacent to an activating group) is 1. The number of anilines is 3. The highest BCUT2D eigenvalue weighted by Crippen LogP contribution is 2.40. The first-order valence-corrected chi connectivity index (χ1v) is 12.0. The molecule has 11 nitrogen and oxygen atoms in total. The summed E-state index contributed by atoms with van der Waals surface area (Å²) in [7, 11) is 1.56. The molecule has 0 saturated heterocycles. The van der Waals surface area contributed by atoms with E-state index in [1.54, 1.807) is 19.4 Å². The van der Waals surface area contributed by atoms with Crippen LogP contribution in [0.2, 0.25) is 5.28 Å². The molecular weight excluding hydrogens is 492 g/mol. The number of aromatic nitrogens is 4. The molecule has 13 heteroatoms. The summed E-state index contributed by atoms with van der Waals surface area (Å²) in [5, 5.41) is 12.6. The molecule has 0 spiro atoms. The van der Waals surface area contributed by atoms with Gasteiger partial charge in [-0.1, -0.05) is 0 Å². The second kappa shape index (κ2) is 9.56. The van der Waals surface area contributed by atoms with Gasteiger partial charge in [-0.25, -0.2) is 19.9 Å². The summed E-state index contributed by atoms with van der Waals surface area (Å²) in [5.41, 5.74) is 2.53. The number of halogens is 1. The Hall–Kier alpha value is -3.61. The van der Waals surface area contributed by atoms with Crippen LogP contribution in [0.25, 0.3) is 21.1 Å². The van der Waals surface area contributed by atoms with Crippen LogP contribution >= 0.6 is 22.9 Å². The van der Waals surface area contributed by atoms with Crippen LogP contribution in [0.1, 0.15) is 22.2 Å². The van der Waals surface area contributed by atoms with Gasteiger partial charge in [-0.15, -0.1) is 11.3 Å². The van der Waals surface area contributed by atoms with E-state index in [-0.39, 0.29) is 23.6 Å². The van der Waals surface area contributed by atoms with Crippen LogP contribution in [0.4, 0.5) is 17.3 Å². The predicted octanol–water partition coefficient (Wildman–Crippen LogP) is 2.84. The Morgan fingerprint density at radius 1 is 1.29 bits per heavy atom. The minimum atomic E-state index is -0.613. The molecule has 3 aromatic heterocycles. The largest absolute Gasteiger partial charge is 0.377 e. The molecule has 1 aliphatic rings. The molecule has 0 radical (unpaired) electrons. The van der Waals surface area contributed by atoms with Crippen LogP contribution in [0.15, 0.2) is 24.5 Å². The van der Waals surface area contributed by atoms with Gasteiger partial charge in [0.2, 0.25) is 11.2 Å². The maximum atomic E-state index is 12.7. The fourth-order valence-electron chi connectivity index (χ4n) is 3.79. The molecule has 4 heterocycles. The third-order valence-corrected chi connectivity index (χ3v) is 6.80. The Bertz CT molecular complexity index is 1460. The van der Waals surface area contributed by atoms with Gasteiger partial charge in [-0.2, -0.15) is 0 Å². The summed E-state index contributed by atoms with van der Waals surface area (Å²) in [5.74, 6) is 0.479. The minimum Gasteiger partial charge on any atom is -0.377 e. The van der Waals surface area contributed by atoms with Gasteiger partial charge in [0.1, 0.15) is 16.7 Å². The van der Waals surface area contributed by atoms with Crippen molar-refractivity contribution in [3.63, 3.8) is 0 Å². The van der Waals surface area contributed by atoms with E-state index in [4.69, 9.17) is 21.3 Å². The molecule has 0 saturated carbocycles. The molecule has 35 heavy (non-hydrogen) atoms. The van der Waals surface area contributed by atoms with Crippen LogP contribution in [-0.2, 0) is 16.1 Å². The van der Waals surface area contributed by atoms with Gasteiger partial charge in [0, 0.05) is 42.0 Å². The number of nitrogens with zero attached hydrogens (tertiary/aromatic N) is 4. The second-order valence-corrected chi connectivity index (χ2v) is 9.05. The van der Waals surface area contributed by atoms with Crippen LogP contribution in [-0.4, -0.2) is 58.0 Å². The molecule has 0 fully saturated rings. The lowest BCUT2D eigenvalue weighted by atomic mass is 10.1. The summed E-state index contributed by atoms with van der Waals surface area (Å²) in [4.78, 5) is 43.1. The number of amides is 2. The predicted molar refractivity (Wildman–Crippen MR) is 134 cm³/mol. The molecule has 1 aromatic carbocycles. The number of rotatable bonds is 6. The average molecular weight is 513 g/mol. The zero-order valence-corrected chi connectivity index (χ0v) is 20.4. The molecule has 0 aliphatic carbocycles. The van der Waals surface area contributed by atoms with Crippen molar-refractivity contribution in [1.29, 1.82) is 0 Å². The van der Waals surface area contributed by atoms with Gasteiger partial charge < -0.3 is 26.0 Å². The first kappa shape index (κ1) is 23.1. The molecule has 4 N–H and O–H groups in total. The fourth-order valence-corrected chi connectivity index (χ4v) is 5.01. The third kappa shape index (κ3) is 4.43. The Balaban J connectivity index is 1.56. The van der Waals surface area contributed by atoms with E-state index in [1.807, 2.05) is 19.1 Å². The number of thiophene rings is 1. The van der Waals surface area contributed by atoms with Crippen LogP contribution in [0, 0.1) is 0 Å². The summed E-state index contributed by atoms with van der Waals surface area (Å²) in [6.45, 7) is 2.95. The maximum absolute atomic E-state index is 12.7. The van der Waals surface area contributed by atoms with Gasteiger partial charge in [0.05, 0.1) is 29.5 Å². The van der Waals surface area contributed by atoms with Crippen LogP contribution in [0.5, 0.6) is 0 Å². The van der Waals surface area contributed by atoms with Crippen molar-refractivity contribution in [2.24, 2.45) is 0 Å². The lowest BCUT2D eigenvalue weighted by Gasteiger charge is -2.16. The number of hydrogen-bond donors (Lipinski definition) is 4. The average Bonchev–Trinajstić information content (AvgIpc) is 3.16. The molecule has 4 aromatic rings. The lowest BCUT2D eigenvalue weighted by Crippen LogP contribution is -2.44. The molecule has 180 valence electrons.